The summed E-state index contributed by atoms with van der Waals surface area (Å²) in [5.74, 6) is 0.335. The molecule has 1 saturated carbocycles. The molecule has 2 aromatic rings. The summed E-state index contributed by atoms with van der Waals surface area (Å²) in [5, 5.41) is 0. The molecule has 5 rings (SSSR count). The Morgan fingerprint density at radius 1 is 1.17 bits per heavy atom. The third-order valence-electron chi connectivity index (χ3n) is 6.13. The smallest absolute Gasteiger partial charge is 0.351 e. The fourth-order valence-electron chi connectivity index (χ4n) is 4.50. The minimum atomic E-state index is -0.275. The molecule has 0 N–H and O–H groups in total. The molecular formula is C23H28N2O5. The molecule has 3 heterocycles. The first-order valence-corrected chi connectivity index (χ1v) is 10.9. The predicted molar refractivity (Wildman–Crippen MR) is 111 cm³/mol. The fraction of sp³-hybridized carbons (Fsp3) is 0.565. The fourth-order valence-corrected chi connectivity index (χ4v) is 4.50. The van der Waals surface area contributed by atoms with E-state index in [0.717, 1.165) is 17.7 Å². The topological polar surface area (TPSA) is 71.8 Å². The van der Waals surface area contributed by atoms with Crippen molar-refractivity contribution in [2.24, 2.45) is 0 Å². The van der Waals surface area contributed by atoms with Crippen LogP contribution in [-0.2, 0) is 33.8 Å². The second-order valence-corrected chi connectivity index (χ2v) is 8.25. The van der Waals surface area contributed by atoms with Crippen molar-refractivity contribution in [2.75, 3.05) is 26.4 Å². The number of aromatic nitrogens is 2. The maximum absolute atomic E-state index is 12.6. The lowest BCUT2D eigenvalue weighted by Crippen LogP contribution is -2.34. The Hall–Kier alpha value is -2.22. The second kappa shape index (κ2) is 8.88. The van der Waals surface area contributed by atoms with Gasteiger partial charge in [0.1, 0.15) is 12.7 Å². The Labute approximate surface area is 175 Å². The van der Waals surface area contributed by atoms with E-state index in [2.05, 4.69) is 23.2 Å². The summed E-state index contributed by atoms with van der Waals surface area (Å²) in [5.41, 5.74) is 4.07. The number of fused-ring (bicyclic) bond motifs is 3. The maximum Gasteiger partial charge on any atom is 0.351 e. The summed E-state index contributed by atoms with van der Waals surface area (Å²) in [7, 11) is 0. The van der Waals surface area contributed by atoms with Gasteiger partial charge in [0.25, 0.3) is 0 Å². The number of rotatable bonds is 6. The lowest BCUT2D eigenvalue weighted by molar-refractivity contribution is -0.102. The van der Waals surface area contributed by atoms with Crippen molar-refractivity contribution < 1.29 is 18.9 Å². The monoisotopic (exact) mass is 412 g/mol. The molecule has 0 radical (unpaired) electrons. The molecule has 2 aliphatic heterocycles. The van der Waals surface area contributed by atoms with Gasteiger partial charge in [-0.3, -0.25) is 4.57 Å². The first-order valence-electron chi connectivity index (χ1n) is 10.9. The number of aryl methyl sites for hydroxylation is 1. The van der Waals surface area contributed by atoms with Gasteiger partial charge in [-0.25, -0.2) is 4.79 Å². The van der Waals surface area contributed by atoms with Crippen LogP contribution < -0.4 is 10.4 Å². The average molecular weight is 412 g/mol. The van der Waals surface area contributed by atoms with Gasteiger partial charge in [0, 0.05) is 18.2 Å². The normalized spacial score (nSPS) is 21.3. The quantitative estimate of drug-likeness (QED) is 0.727. The summed E-state index contributed by atoms with van der Waals surface area (Å²) in [4.78, 5) is 16.7. The van der Waals surface area contributed by atoms with Crippen molar-refractivity contribution in [3.05, 3.63) is 45.9 Å². The van der Waals surface area contributed by atoms with Gasteiger partial charge in [0.15, 0.2) is 0 Å². The van der Waals surface area contributed by atoms with Crippen LogP contribution in [0.3, 0.4) is 0 Å². The van der Waals surface area contributed by atoms with E-state index in [9.17, 15) is 4.79 Å². The van der Waals surface area contributed by atoms with E-state index in [-0.39, 0.29) is 11.8 Å². The molecule has 0 amide bonds. The Morgan fingerprint density at radius 3 is 2.90 bits per heavy atom. The van der Waals surface area contributed by atoms with Gasteiger partial charge in [-0.05, 0) is 30.4 Å². The third-order valence-corrected chi connectivity index (χ3v) is 6.13. The van der Waals surface area contributed by atoms with Crippen LogP contribution in [0.5, 0.6) is 5.88 Å². The summed E-state index contributed by atoms with van der Waals surface area (Å²) in [6.07, 6.45) is 5.99. The van der Waals surface area contributed by atoms with E-state index < -0.39 is 0 Å². The molecule has 1 atom stereocenters. The molecule has 2 fully saturated rings. The van der Waals surface area contributed by atoms with Gasteiger partial charge in [0.2, 0.25) is 5.88 Å². The van der Waals surface area contributed by atoms with E-state index in [1.54, 1.807) is 4.57 Å². The predicted octanol–water partition coefficient (Wildman–Crippen LogP) is 2.72. The molecule has 30 heavy (non-hydrogen) atoms. The number of benzene rings is 1. The van der Waals surface area contributed by atoms with Crippen LogP contribution >= 0.6 is 0 Å². The van der Waals surface area contributed by atoms with Crippen molar-refractivity contribution >= 4 is 0 Å². The zero-order valence-corrected chi connectivity index (χ0v) is 17.2. The van der Waals surface area contributed by atoms with Crippen molar-refractivity contribution in [1.82, 2.24) is 9.55 Å². The van der Waals surface area contributed by atoms with Crippen LogP contribution in [0.1, 0.15) is 36.8 Å². The van der Waals surface area contributed by atoms with Crippen LogP contribution in [0, 0.1) is 0 Å². The molecule has 7 heteroatoms. The standard InChI is InChI=1S/C23H28N2O5/c26-23-24-22(30-15-19-14-27-9-10-28-19)12-21-20-6-5-16(11-17(20)7-8-25(21)23)13-29-18-3-1-2-4-18/h5-6,11-12,18-19H,1-4,7-10,13-15H2. The van der Waals surface area contributed by atoms with Crippen LogP contribution in [0.25, 0.3) is 11.3 Å². The molecule has 0 spiro atoms. The van der Waals surface area contributed by atoms with E-state index in [1.807, 2.05) is 6.07 Å². The first-order chi connectivity index (χ1) is 14.8. The van der Waals surface area contributed by atoms with E-state index in [1.165, 1.54) is 36.8 Å². The van der Waals surface area contributed by atoms with Crippen molar-refractivity contribution in [1.29, 1.82) is 0 Å². The lowest BCUT2D eigenvalue weighted by atomic mass is 9.96. The maximum atomic E-state index is 12.6. The van der Waals surface area contributed by atoms with Crippen molar-refractivity contribution in [3.63, 3.8) is 0 Å². The van der Waals surface area contributed by atoms with E-state index in [0.29, 0.717) is 51.6 Å². The second-order valence-electron chi connectivity index (χ2n) is 8.25. The minimum absolute atomic E-state index is 0.131. The van der Waals surface area contributed by atoms with E-state index in [4.69, 9.17) is 18.9 Å². The highest BCUT2D eigenvalue weighted by molar-refractivity contribution is 5.67. The molecule has 3 aliphatic rings. The first kappa shape index (κ1) is 19.7. The summed E-state index contributed by atoms with van der Waals surface area (Å²) < 4.78 is 24.6. The molecule has 1 unspecified atom stereocenters. The Morgan fingerprint density at radius 2 is 2.07 bits per heavy atom. The largest absolute Gasteiger partial charge is 0.475 e. The zero-order chi connectivity index (χ0) is 20.3. The Kier molecular flexibility index (Phi) is 5.84. The Bertz CT molecular complexity index is 945. The van der Waals surface area contributed by atoms with Crippen LogP contribution in [-0.4, -0.2) is 48.2 Å². The number of hydrogen-bond acceptors (Lipinski definition) is 6. The van der Waals surface area contributed by atoms with Crippen LogP contribution in [0.4, 0.5) is 0 Å². The highest BCUT2D eigenvalue weighted by Gasteiger charge is 2.21. The van der Waals surface area contributed by atoms with Gasteiger partial charge in [-0.1, -0.05) is 31.0 Å². The van der Waals surface area contributed by atoms with Gasteiger partial charge in [-0.15, -0.1) is 0 Å². The molecule has 1 saturated heterocycles. The molecule has 7 nitrogen and oxygen atoms in total. The molecule has 160 valence electrons. The molecular weight excluding hydrogens is 384 g/mol. The molecule has 0 bridgehead atoms. The summed E-state index contributed by atoms with van der Waals surface area (Å²) in [6.45, 7) is 3.27. The highest BCUT2D eigenvalue weighted by Crippen LogP contribution is 2.31. The van der Waals surface area contributed by atoms with E-state index >= 15 is 0 Å². The number of ether oxygens (including phenoxy) is 4. The number of hydrogen-bond donors (Lipinski definition) is 0. The molecule has 1 aliphatic carbocycles. The summed E-state index contributed by atoms with van der Waals surface area (Å²) in [6, 6.07) is 8.27. The lowest BCUT2D eigenvalue weighted by Gasteiger charge is -2.24. The van der Waals surface area contributed by atoms with Crippen LogP contribution in [0.15, 0.2) is 29.1 Å². The summed E-state index contributed by atoms with van der Waals surface area (Å²) >= 11 is 0. The number of nitrogens with zero attached hydrogens (tertiary/aromatic N) is 2. The van der Waals surface area contributed by atoms with Gasteiger partial charge < -0.3 is 18.9 Å². The average Bonchev–Trinajstić information content (AvgIpc) is 3.30. The minimum Gasteiger partial charge on any atom is -0.475 e. The molecule has 1 aromatic heterocycles. The Balaban J connectivity index is 1.33. The molecule has 1 aromatic carbocycles. The van der Waals surface area contributed by atoms with Crippen molar-refractivity contribution in [3.8, 4) is 17.1 Å². The van der Waals surface area contributed by atoms with Gasteiger partial charge in [0.05, 0.1) is 38.2 Å². The van der Waals surface area contributed by atoms with Gasteiger partial charge >= 0.3 is 5.69 Å². The third kappa shape index (κ3) is 4.29. The van der Waals surface area contributed by atoms with Crippen molar-refractivity contribution in [2.45, 2.75) is 57.5 Å². The zero-order valence-electron chi connectivity index (χ0n) is 17.2. The SMILES string of the molecule is O=c1nc(OCC2COCCO2)cc2n1CCc1cc(COC3CCCC3)ccc1-2. The van der Waals surface area contributed by atoms with Crippen LogP contribution in [0.2, 0.25) is 0 Å². The van der Waals surface area contributed by atoms with Gasteiger partial charge in [-0.2, -0.15) is 4.98 Å². The highest BCUT2D eigenvalue weighted by atomic mass is 16.6.